The molecule has 1 aromatic carbocycles. The Bertz CT molecular complexity index is 536. The third-order valence-electron chi connectivity index (χ3n) is 4.44. The third-order valence-corrected chi connectivity index (χ3v) is 4.44. The highest BCUT2D eigenvalue weighted by atomic mass is 14.9. The fourth-order valence-electron chi connectivity index (χ4n) is 3.30. The van der Waals surface area contributed by atoms with Crippen molar-refractivity contribution in [1.29, 1.82) is 0 Å². The molecule has 1 aliphatic rings. The highest BCUT2D eigenvalue weighted by molar-refractivity contribution is 5.85. The molecule has 20 heavy (non-hydrogen) atoms. The van der Waals surface area contributed by atoms with Gasteiger partial charge in [-0.15, -0.1) is 0 Å². The lowest BCUT2D eigenvalue weighted by atomic mass is 9.89. The minimum atomic E-state index is 0.445. The molecule has 0 saturated carbocycles. The predicted octanol–water partition coefficient (Wildman–Crippen LogP) is 5.12. The molecule has 1 aliphatic carbocycles. The van der Waals surface area contributed by atoms with Crippen molar-refractivity contribution in [3.05, 3.63) is 52.6 Å². The van der Waals surface area contributed by atoms with Crippen molar-refractivity contribution in [3.8, 4) is 0 Å². The normalized spacial score (nSPS) is 20.2. The SMILES string of the molecule is CCNC(CC)c1ccccc1C1=C(C)C(C)C=C1C. The highest BCUT2D eigenvalue weighted by Gasteiger charge is 2.22. The number of allylic oxidation sites excluding steroid dienone is 4. The average Bonchev–Trinajstić information content (AvgIpc) is 2.70. The van der Waals surface area contributed by atoms with Crippen LogP contribution in [0.4, 0.5) is 0 Å². The molecule has 0 bridgehead atoms. The topological polar surface area (TPSA) is 12.0 Å². The summed E-state index contributed by atoms with van der Waals surface area (Å²) in [5.74, 6) is 0.567. The van der Waals surface area contributed by atoms with Gasteiger partial charge in [0, 0.05) is 6.04 Å². The van der Waals surface area contributed by atoms with Gasteiger partial charge in [-0.25, -0.2) is 0 Å². The number of rotatable bonds is 5. The smallest absolute Gasteiger partial charge is 0.0323 e. The van der Waals surface area contributed by atoms with E-state index in [4.69, 9.17) is 0 Å². The molecule has 108 valence electrons. The lowest BCUT2D eigenvalue weighted by Crippen LogP contribution is -2.21. The van der Waals surface area contributed by atoms with Gasteiger partial charge in [0.2, 0.25) is 0 Å². The molecule has 2 rings (SSSR count). The van der Waals surface area contributed by atoms with E-state index < -0.39 is 0 Å². The summed E-state index contributed by atoms with van der Waals surface area (Å²) in [5, 5.41) is 3.61. The molecule has 1 heteroatoms. The molecule has 1 N–H and O–H groups in total. The zero-order valence-corrected chi connectivity index (χ0v) is 13.5. The van der Waals surface area contributed by atoms with Crippen LogP contribution in [0, 0.1) is 5.92 Å². The summed E-state index contributed by atoms with van der Waals surface area (Å²) in [5.41, 5.74) is 7.24. The fourth-order valence-corrected chi connectivity index (χ4v) is 3.30. The van der Waals surface area contributed by atoms with Crippen molar-refractivity contribution in [2.75, 3.05) is 6.54 Å². The van der Waals surface area contributed by atoms with Gasteiger partial charge >= 0.3 is 0 Å². The number of benzene rings is 1. The second-order valence-corrected chi connectivity index (χ2v) is 5.80. The van der Waals surface area contributed by atoms with Crippen molar-refractivity contribution >= 4 is 5.57 Å². The second kappa shape index (κ2) is 6.41. The minimum Gasteiger partial charge on any atom is -0.310 e. The van der Waals surface area contributed by atoms with Gasteiger partial charge in [0.05, 0.1) is 0 Å². The summed E-state index contributed by atoms with van der Waals surface area (Å²) in [6.45, 7) is 12.3. The molecule has 1 aromatic rings. The molecule has 0 aliphatic heterocycles. The lowest BCUT2D eigenvalue weighted by molar-refractivity contribution is 0.536. The zero-order chi connectivity index (χ0) is 14.7. The Morgan fingerprint density at radius 2 is 1.85 bits per heavy atom. The zero-order valence-electron chi connectivity index (χ0n) is 13.5. The first-order valence-corrected chi connectivity index (χ1v) is 7.82. The molecular formula is C19H27N. The Labute approximate surface area is 123 Å². The van der Waals surface area contributed by atoms with Gasteiger partial charge in [-0.05, 0) is 55.0 Å². The monoisotopic (exact) mass is 269 g/mol. The molecule has 1 nitrogen and oxygen atoms in total. The van der Waals surface area contributed by atoms with Crippen molar-refractivity contribution in [3.63, 3.8) is 0 Å². The van der Waals surface area contributed by atoms with E-state index in [0.29, 0.717) is 12.0 Å². The molecule has 0 saturated heterocycles. The van der Waals surface area contributed by atoms with E-state index in [0.717, 1.165) is 13.0 Å². The summed E-state index contributed by atoms with van der Waals surface area (Å²) >= 11 is 0. The Morgan fingerprint density at radius 3 is 2.40 bits per heavy atom. The van der Waals surface area contributed by atoms with Crippen LogP contribution in [0.25, 0.3) is 5.57 Å². The number of hydrogen-bond donors (Lipinski definition) is 1. The largest absolute Gasteiger partial charge is 0.310 e. The Morgan fingerprint density at radius 1 is 1.15 bits per heavy atom. The fraction of sp³-hybridized carbons (Fsp3) is 0.474. The lowest BCUT2D eigenvalue weighted by Gasteiger charge is -2.22. The summed E-state index contributed by atoms with van der Waals surface area (Å²) in [4.78, 5) is 0. The maximum Gasteiger partial charge on any atom is 0.0323 e. The molecular weight excluding hydrogens is 242 g/mol. The Hall–Kier alpha value is -1.34. The third kappa shape index (κ3) is 2.73. The van der Waals surface area contributed by atoms with Gasteiger partial charge in [-0.1, -0.05) is 56.7 Å². The van der Waals surface area contributed by atoms with Crippen LogP contribution in [0.1, 0.15) is 58.2 Å². The van der Waals surface area contributed by atoms with Crippen LogP contribution in [0.5, 0.6) is 0 Å². The van der Waals surface area contributed by atoms with Gasteiger partial charge in [-0.2, -0.15) is 0 Å². The average molecular weight is 269 g/mol. The minimum absolute atomic E-state index is 0.445. The van der Waals surface area contributed by atoms with Crippen LogP contribution in [0.2, 0.25) is 0 Å². The van der Waals surface area contributed by atoms with Crippen LogP contribution >= 0.6 is 0 Å². The first-order valence-electron chi connectivity index (χ1n) is 7.82. The summed E-state index contributed by atoms with van der Waals surface area (Å²) in [6, 6.07) is 9.33. The predicted molar refractivity (Wildman–Crippen MR) is 88.7 cm³/mol. The molecule has 0 spiro atoms. The molecule has 2 atom stereocenters. The quantitative estimate of drug-likeness (QED) is 0.782. The van der Waals surface area contributed by atoms with Crippen molar-refractivity contribution in [1.82, 2.24) is 5.32 Å². The van der Waals surface area contributed by atoms with E-state index in [1.807, 2.05) is 0 Å². The maximum atomic E-state index is 3.61. The Balaban J connectivity index is 2.51. The second-order valence-electron chi connectivity index (χ2n) is 5.80. The van der Waals surface area contributed by atoms with Crippen molar-refractivity contribution in [2.45, 2.75) is 47.1 Å². The first kappa shape index (κ1) is 15.1. The maximum absolute atomic E-state index is 3.61. The molecule has 0 heterocycles. The van der Waals surface area contributed by atoms with Crippen LogP contribution in [0.3, 0.4) is 0 Å². The summed E-state index contributed by atoms with van der Waals surface area (Å²) in [7, 11) is 0. The van der Waals surface area contributed by atoms with Gasteiger partial charge in [-0.3, -0.25) is 0 Å². The van der Waals surface area contributed by atoms with Crippen LogP contribution in [-0.4, -0.2) is 6.54 Å². The number of nitrogens with one attached hydrogen (secondary N) is 1. The van der Waals surface area contributed by atoms with E-state index in [1.54, 1.807) is 0 Å². The van der Waals surface area contributed by atoms with Crippen molar-refractivity contribution in [2.24, 2.45) is 5.92 Å². The van der Waals surface area contributed by atoms with Crippen LogP contribution < -0.4 is 5.32 Å². The van der Waals surface area contributed by atoms with E-state index in [-0.39, 0.29) is 0 Å². The van der Waals surface area contributed by atoms with Gasteiger partial charge in [0.15, 0.2) is 0 Å². The summed E-state index contributed by atoms with van der Waals surface area (Å²) in [6.07, 6.45) is 3.51. The highest BCUT2D eigenvalue weighted by Crippen LogP contribution is 2.40. The van der Waals surface area contributed by atoms with Gasteiger partial charge < -0.3 is 5.32 Å². The van der Waals surface area contributed by atoms with Gasteiger partial charge in [0.1, 0.15) is 0 Å². The van der Waals surface area contributed by atoms with Crippen LogP contribution in [0.15, 0.2) is 41.5 Å². The molecule has 0 amide bonds. The summed E-state index contributed by atoms with van der Waals surface area (Å²) < 4.78 is 0. The molecule has 0 radical (unpaired) electrons. The standard InChI is InChI=1S/C19H27N/c1-6-18(20-7-2)16-10-8-9-11-17(16)19-14(4)12-13(3)15(19)5/h8-13,18,20H,6-7H2,1-5H3. The van der Waals surface area contributed by atoms with E-state index in [2.05, 4.69) is 70.3 Å². The van der Waals surface area contributed by atoms with Gasteiger partial charge in [0.25, 0.3) is 0 Å². The Kier molecular flexibility index (Phi) is 4.82. The van der Waals surface area contributed by atoms with E-state index in [1.165, 1.54) is 27.8 Å². The number of hydrogen-bond acceptors (Lipinski definition) is 1. The molecule has 2 unspecified atom stereocenters. The molecule has 0 aromatic heterocycles. The first-order chi connectivity index (χ1) is 9.60. The van der Waals surface area contributed by atoms with E-state index >= 15 is 0 Å². The molecule has 0 fully saturated rings. The van der Waals surface area contributed by atoms with E-state index in [9.17, 15) is 0 Å². The van der Waals surface area contributed by atoms with Crippen LogP contribution in [-0.2, 0) is 0 Å². The van der Waals surface area contributed by atoms with Crippen molar-refractivity contribution < 1.29 is 0 Å².